The second-order valence-corrected chi connectivity index (χ2v) is 6.55. The zero-order valence-corrected chi connectivity index (χ0v) is 15.3. The van der Waals surface area contributed by atoms with Gasteiger partial charge in [0, 0.05) is 10.7 Å². The van der Waals surface area contributed by atoms with Crippen molar-refractivity contribution >= 4 is 38.7 Å². The Morgan fingerprint density at radius 3 is 3.00 bits per heavy atom. The summed E-state index contributed by atoms with van der Waals surface area (Å²) in [5.74, 6) is -1.01. The molecule has 9 heteroatoms. The summed E-state index contributed by atoms with van der Waals surface area (Å²) in [7, 11) is 0. The van der Waals surface area contributed by atoms with Crippen LogP contribution in [0.3, 0.4) is 0 Å². The Bertz CT molecular complexity index is 945. The number of aromatic nitrogens is 2. The van der Waals surface area contributed by atoms with Crippen LogP contribution in [0.15, 0.2) is 47.5 Å². The fourth-order valence-corrected chi connectivity index (χ4v) is 2.66. The van der Waals surface area contributed by atoms with E-state index in [1.165, 1.54) is 13.0 Å². The van der Waals surface area contributed by atoms with Crippen LogP contribution < -0.4 is 10.8 Å². The molecular formula is C17H16BrFN4O3. The predicted molar refractivity (Wildman–Crippen MR) is 97.7 cm³/mol. The van der Waals surface area contributed by atoms with Crippen molar-refractivity contribution in [2.24, 2.45) is 0 Å². The summed E-state index contributed by atoms with van der Waals surface area (Å²) in [6.45, 7) is 1.48. The van der Waals surface area contributed by atoms with Gasteiger partial charge in [-0.25, -0.2) is 14.9 Å². The first-order valence-corrected chi connectivity index (χ1v) is 8.52. The molecule has 0 unspecified atom stereocenters. The first-order valence-electron chi connectivity index (χ1n) is 7.72. The molecule has 3 rings (SSSR count). The van der Waals surface area contributed by atoms with Crippen molar-refractivity contribution in [2.45, 2.75) is 13.0 Å². The summed E-state index contributed by atoms with van der Waals surface area (Å²) >= 11 is 3.21. The summed E-state index contributed by atoms with van der Waals surface area (Å²) in [5, 5.41) is 12.2. The average molecular weight is 423 g/mol. The normalized spacial score (nSPS) is 12.2. The highest BCUT2D eigenvalue weighted by Gasteiger charge is 2.17. The Hall–Kier alpha value is -2.49. The number of nitrogens with zero attached hydrogens (tertiary/aromatic N) is 2. The van der Waals surface area contributed by atoms with Gasteiger partial charge in [-0.05, 0) is 31.2 Å². The van der Waals surface area contributed by atoms with E-state index < -0.39 is 17.8 Å². The molecule has 1 atom stereocenters. The number of halogens is 2. The summed E-state index contributed by atoms with van der Waals surface area (Å²) in [6.07, 6.45) is 4.08. The van der Waals surface area contributed by atoms with Gasteiger partial charge in [0.2, 0.25) is 0 Å². The van der Waals surface area contributed by atoms with Crippen LogP contribution in [0.2, 0.25) is 0 Å². The number of nitrogens with one attached hydrogen (secondary N) is 2. The number of hydrogen-bond acceptors (Lipinski definition) is 5. The van der Waals surface area contributed by atoms with Gasteiger partial charge >= 0.3 is 0 Å². The van der Waals surface area contributed by atoms with Gasteiger partial charge in [0.25, 0.3) is 5.91 Å². The molecule has 7 nitrogen and oxygen atoms in total. The maximum absolute atomic E-state index is 14.2. The molecular weight excluding hydrogens is 407 g/mol. The van der Waals surface area contributed by atoms with Crippen LogP contribution in [0, 0.1) is 5.82 Å². The Balaban J connectivity index is 1.96. The van der Waals surface area contributed by atoms with Gasteiger partial charge < -0.3 is 14.8 Å². The lowest BCUT2D eigenvalue weighted by Crippen LogP contribution is -2.28. The number of benzene rings is 1. The molecule has 0 fully saturated rings. The smallest absolute Gasteiger partial charge is 0.277 e. The molecule has 0 saturated heterocycles. The van der Waals surface area contributed by atoms with Gasteiger partial charge in [-0.3, -0.25) is 9.63 Å². The van der Waals surface area contributed by atoms with E-state index in [2.05, 4.69) is 31.7 Å². The predicted octanol–water partition coefficient (Wildman–Crippen LogP) is 3.02. The highest BCUT2D eigenvalue weighted by Crippen LogP contribution is 2.29. The number of anilines is 2. The molecule has 0 saturated carbocycles. The maximum atomic E-state index is 14.2. The molecule has 1 aromatic carbocycles. The average Bonchev–Trinajstić information content (AvgIpc) is 3.06. The summed E-state index contributed by atoms with van der Waals surface area (Å²) in [5.41, 5.74) is 3.69. The van der Waals surface area contributed by atoms with Crippen LogP contribution in [0.1, 0.15) is 17.3 Å². The third kappa shape index (κ3) is 4.01. The van der Waals surface area contributed by atoms with E-state index in [9.17, 15) is 14.3 Å². The lowest BCUT2D eigenvalue weighted by Gasteiger charge is -2.15. The third-order valence-corrected chi connectivity index (χ3v) is 4.01. The van der Waals surface area contributed by atoms with E-state index >= 15 is 0 Å². The summed E-state index contributed by atoms with van der Waals surface area (Å²) < 4.78 is 16.5. The van der Waals surface area contributed by atoms with Gasteiger partial charge in [0.15, 0.2) is 0 Å². The number of carbonyl (C=O) groups is 1. The first-order chi connectivity index (χ1) is 12.5. The topological polar surface area (TPSA) is 87.9 Å². The summed E-state index contributed by atoms with van der Waals surface area (Å²) in [4.78, 5) is 21.5. The third-order valence-electron chi connectivity index (χ3n) is 3.52. The fourth-order valence-electron chi connectivity index (χ4n) is 2.32. The van der Waals surface area contributed by atoms with Crippen LogP contribution in [0.4, 0.5) is 15.8 Å². The lowest BCUT2D eigenvalue weighted by molar-refractivity contribution is -0.00682. The molecule has 0 spiro atoms. The van der Waals surface area contributed by atoms with Gasteiger partial charge in [-0.15, -0.1) is 0 Å². The number of imidazole rings is 1. The second-order valence-electron chi connectivity index (χ2n) is 5.63. The quantitative estimate of drug-likeness (QED) is 0.531. The molecule has 0 aliphatic rings. The number of hydrogen-bond donors (Lipinski definition) is 3. The SMILES string of the molecule is C[C@H](O)CONC(=O)c1ccn2cncc2c1Nc1ccc(Br)cc1F. The second kappa shape index (κ2) is 7.81. The van der Waals surface area contributed by atoms with Crippen LogP contribution in [-0.2, 0) is 4.84 Å². The van der Waals surface area contributed by atoms with Crippen LogP contribution in [0.25, 0.3) is 5.52 Å². The van der Waals surface area contributed by atoms with Crippen molar-refractivity contribution in [3.8, 4) is 0 Å². The number of aliphatic hydroxyl groups is 1. The van der Waals surface area contributed by atoms with E-state index in [0.29, 0.717) is 15.7 Å². The van der Waals surface area contributed by atoms with Crippen molar-refractivity contribution < 1.29 is 19.1 Å². The van der Waals surface area contributed by atoms with Gasteiger partial charge in [-0.2, -0.15) is 0 Å². The molecule has 0 aliphatic heterocycles. The number of fused-ring (bicyclic) bond motifs is 1. The zero-order chi connectivity index (χ0) is 18.7. The van der Waals surface area contributed by atoms with E-state index in [4.69, 9.17) is 4.84 Å². The highest BCUT2D eigenvalue weighted by atomic mass is 79.9. The molecule has 1 amide bonds. The van der Waals surface area contributed by atoms with Crippen LogP contribution in [0.5, 0.6) is 0 Å². The molecule has 0 bridgehead atoms. The number of aliphatic hydroxyl groups excluding tert-OH is 1. The Morgan fingerprint density at radius 2 is 2.27 bits per heavy atom. The Kier molecular flexibility index (Phi) is 5.50. The van der Waals surface area contributed by atoms with Crippen molar-refractivity contribution in [1.82, 2.24) is 14.9 Å². The molecule has 136 valence electrons. The van der Waals surface area contributed by atoms with E-state index in [1.54, 1.807) is 41.3 Å². The molecule has 2 aromatic heterocycles. The van der Waals surface area contributed by atoms with Crippen LogP contribution in [-0.4, -0.2) is 33.1 Å². The van der Waals surface area contributed by atoms with Crippen molar-refractivity contribution in [3.63, 3.8) is 0 Å². The first kappa shape index (κ1) is 18.3. The zero-order valence-electron chi connectivity index (χ0n) is 13.7. The minimum Gasteiger partial charge on any atom is -0.391 e. The van der Waals surface area contributed by atoms with E-state index in [0.717, 1.165) is 0 Å². The lowest BCUT2D eigenvalue weighted by atomic mass is 10.1. The van der Waals surface area contributed by atoms with Gasteiger partial charge in [0.1, 0.15) is 12.4 Å². The highest BCUT2D eigenvalue weighted by molar-refractivity contribution is 9.10. The molecule has 0 radical (unpaired) electrons. The van der Waals surface area contributed by atoms with E-state index in [-0.39, 0.29) is 17.9 Å². The van der Waals surface area contributed by atoms with Crippen molar-refractivity contribution in [1.29, 1.82) is 0 Å². The van der Waals surface area contributed by atoms with Crippen LogP contribution >= 0.6 is 15.9 Å². The Labute approximate surface area is 156 Å². The minimum absolute atomic E-state index is 0.0508. The van der Waals surface area contributed by atoms with Gasteiger partial charge in [0.05, 0.1) is 41.1 Å². The maximum Gasteiger partial charge on any atom is 0.277 e. The molecule has 3 N–H and O–H groups in total. The largest absolute Gasteiger partial charge is 0.391 e. The minimum atomic E-state index is -0.720. The number of pyridine rings is 1. The number of carbonyl (C=O) groups excluding carboxylic acids is 1. The Morgan fingerprint density at radius 1 is 1.46 bits per heavy atom. The number of amides is 1. The standard InChI is InChI=1S/C17H16BrFN4O3/c1-10(24)8-26-22-17(25)12-4-5-23-9-20-7-15(23)16(12)21-14-3-2-11(18)6-13(14)19/h2-7,9-10,21,24H,8H2,1H3,(H,22,25)/t10-/m0/s1. The number of rotatable bonds is 6. The van der Waals surface area contributed by atoms with Gasteiger partial charge in [-0.1, -0.05) is 15.9 Å². The molecule has 2 heterocycles. The molecule has 0 aliphatic carbocycles. The van der Waals surface area contributed by atoms with Crippen molar-refractivity contribution in [2.75, 3.05) is 11.9 Å². The fraction of sp³-hybridized carbons (Fsp3) is 0.176. The molecule has 26 heavy (non-hydrogen) atoms. The van der Waals surface area contributed by atoms with Crippen molar-refractivity contribution in [3.05, 3.63) is 58.8 Å². The monoisotopic (exact) mass is 422 g/mol. The molecule has 3 aromatic rings. The number of hydroxylamine groups is 1. The van der Waals surface area contributed by atoms with E-state index in [1.807, 2.05) is 0 Å². The summed E-state index contributed by atoms with van der Waals surface area (Å²) in [6, 6.07) is 6.14.